The number of methoxy groups -OCH3 is 1. The van der Waals surface area contributed by atoms with Gasteiger partial charge in [0, 0.05) is 13.2 Å². The molecule has 0 aromatic heterocycles. The van der Waals surface area contributed by atoms with Crippen molar-refractivity contribution in [3.05, 3.63) is 23.8 Å². The number of ether oxygens (including phenoxy) is 1. The van der Waals surface area contributed by atoms with Gasteiger partial charge in [0.2, 0.25) is 0 Å². The molecule has 0 radical (unpaired) electrons. The second-order valence-corrected chi connectivity index (χ2v) is 4.38. The number of carbonyl (C=O) groups is 1. The number of aromatic hydroxyl groups is 1. The Hall–Kier alpha value is -1.75. The average Bonchev–Trinajstić information content (AvgIpc) is 2.43. The molecule has 0 saturated carbocycles. The van der Waals surface area contributed by atoms with E-state index in [1.807, 2.05) is 6.92 Å². The van der Waals surface area contributed by atoms with Crippen molar-refractivity contribution in [3.63, 3.8) is 0 Å². The summed E-state index contributed by atoms with van der Waals surface area (Å²) in [6.45, 7) is 2.60. The van der Waals surface area contributed by atoms with Crippen molar-refractivity contribution in [2.24, 2.45) is 5.92 Å². The molecule has 1 unspecified atom stereocenters. The highest BCUT2D eigenvalue weighted by Gasteiger charge is 2.14. The van der Waals surface area contributed by atoms with Crippen LogP contribution in [0.15, 0.2) is 18.2 Å². The molecule has 1 atom stereocenters. The average molecular weight is 267 g/mol. The van der Waals surface area contributed by atoms with Gasteiger partial charge in [-0.1, -0.05) is 13.3 Å². The molecule has 3 N–H and O–H groups in total. The van der Waals surface area contributed by atoms with Crippen molar-refractivity contribution in [1.82, 2.24) is 5.32 Å². The Balaban J connectivity index is 2.67. The minimum absolute atomic E-state index is 0.0755. The van der Waals surface area contributed by atoms with Crippen LogP contribution in [0.3, 0.4) is 0 Å². The van der Waals surface area contributed by atoms with E-state index in [1.165, 1.54) is 19.2 Å². The summed E-state index contributed by atoms with van der Waals surface area (Å²) in [6.07, 6.45) is 1.53. The summed E-state index contributed by atoms with van der Waals surface area (Å²) in [5, 5.41) is 21.3. The standard InChI is InChI=1S/C14H21NO4/c1-3-10(6-7-16)9-15-14(18)12-8-11(19-2)4-5-13(12)17/h4-5,8,10,16-17H,3,6-7,9H2,1-2H3,(H,15,18). The molecule has 1 amide bonds. The SMILES string of the molecule is CCC(CCO)CNC(=O)c1cc(OC)ccc1O. The maximum absolute atomic E-state index is 12.0. The summed E-state index contributed by atoms with van der Waals surface area (Å²) < 4.78 is 5.02. The molecule has 0 aliphatic heterocycles. The first-order valence-electron chi connectivity index (χ1n) is 6.38. The first-order valence-corrected chi connectivity index (χ1v) is 6.38. The number of rotatable bonds is 7. The van der Waals surface area contributed by atoms with Gasteiger partial charge in [0.25, 0.3) is 5.91 Å². The molecule has 0 bridgehead atoms. The number of carbonyl (C=O) groups excluding carboxylic acids is 1. The summed E-state index contributed by atoms with van der Waals surface area (Å²) in [5.74, 6) is 0.341. The second-order valence-electron chi connectivity index (χ2n) is 4.38. The zero-order valence-electron chi connectivity index (χ0n) is 11.3. The van der Waals surface area contributed by atoms with Crippen molar-refractivity contribution >= 4 is 5.91 Å². The predicted molar refractivity (Wildman–Crippen MR) is 72.5 cm³/mol. The number of phenols is 1. The molecular formula is C14H21NO4. The summed E-state index contributed by atoms with van der Waals surface area (Å²) in [4.78, 5) is 12.0. The van der Waals surface area contributed by atoms with Gasteiger partial charge >= 0.3 is 0 Å². The fraction of sp³-hybridized carbons (Fsp3) is 0.500. The largest absolute Gasteiger partial charge is 0.507 e. The van der Waals surface area contributed by atoms with Crippen molar-refractivity contribution in [1.29, 1.82) is 0 Å². The van der Waals surface area contributed by atoms with E-state index in [1.54, 1.807) is 6.07 Å². The van der Waals surface area contributed by atoms with Gasteiger partial charge in [0.05, 0.1) is 12.7 Å². The number of aliphatic hydroxyl groups excluding tert-OH is 1. The Kier molecular flexibility index (Phi) is 6.15. The van der Waals surface area contributed by atoms with Crippen LogP contribution in [0.2, 0.25) is 0 Å². The Labute approximate surface area is 113 Å². The number of phenolic OH excluding ortho intramolecular Hbond substituents is 1. The predicted octanol–water partition coefficient (Wildman–Crippen LogP) is 1.54. The van der Waals surface area contributed by atoms with Crippen LogP contribution in [0, 0.1) is 5.92 Å². The number of amides is 1. The van der Waals surface area contributed by atoms with E-state index >= 15 is 0 Å². The van der Waals surface area contributed by atoms with Gasteiger partial charge in [-0.25, -0.2) is 0 Å². The lowest BCUT2D eigenvalue weighted by molar-refractivity contribution is 0.0940. The highest BCUT2D eigenvalue weighted by Crippen LogP contribution is 2.22. The molecule has 106 valence electrons. The number of benzene rings is 1. The van der Waals surface area contributed by atoms with Gasteiger partial charge in [-0.3, -0.25) is 4.79 Å². The summed E-state index contributed by atoms with van der Waals surface area (Å²) in [5.41, 5.74) is 0.193. The molecule has 5 heteroatoms. The molecular weight excluding hydrogens is 246 g/mol. The van der Waals surface area contributed by atoms with Crippen LogP contribution in [-0.2, 0) is 0 Å². The molecule has 1 rings (SSSR count). The van der Waals surface area contributed by atoms with Crippen LogP contribution in [0.1, 0.15) is 30.1 Å². The number of hydrogen-bond acceptors (Lipinski definition) is 4. The Bertz CT molecular complexity index is 420. The van der Waals surface area contributed by atoms with E-state index in [0.29, 0.717) is 18.7 Å². The third kappa shape index (κ3) is 4.44. The molecule has 5 nitrogen and oxygen atoms in total. The summed E-state index contributed by atoms with van der Waals surface area (Å²) in [7, 11) is 1.50. The first-order chi connectivity index (χ1) is 9.12. The molecule has 0 fully saturated rings. The zero-order chi connectivity index (χ0) is 14.3. The van der Waals surface area contributed by atoms with E-state index in [9.17, 15) is 9.90 Å². The van der Waals surface area contributed by atoms with Crippen molar-refractivity contribution < 1.29 is 19.7 Å². The number of aliphatic hydroxyl groups is 1. The van der Waals surface area contributed by atoms with Crippen molar-refractivity contribution in [3.8, 4) is 11.5 Å². The molecule has 0 heterocycles. The minimum atomic E-state index is -0.340. The molecule has 1 aromatic rings. The van der Waals surface area contributed by atoms with E-state index in [0.717, 1.165) is 6.42 Å². The highest BCUT2D eigenvalue weighted by atomic mass is 16.5. The molecule has 1 aromatic carbocycles. The molecule has 0 saturated heterocycles. The maximum atomic E-state index is 12.0. The number of nitrogens with one attached hydrogen (secondary N) is 1. The van der Waals surface area contributed by atoms with Gasteiger partial charge in [0.1, 0.15) is 11.5 Å². The molecule has 0 spiro atoms. The normalized spacial score (nSPS) is 11.9. The van der Waals surface area contributed by atoms with Gasteiger partial charge in [0.15, 0.2) is 0 Å². The van der Waals surface area contributed by atoms with E-state index in [4.69, 9.17) is 9.84 Å². The lowest BCUT2D eigenvalue weighted by Gasteiger charge is -2.15. The van der Waals surface area contributed by atoms with Crippen molar-refractivity contribution in [2.45, 2.75) is 19.8 Å². The van der Waals surface area contributed by atoms with Crippen LogP contribution >= 0.6 is 0 Å². The van der Waals surface area contributed by atoms with Gasteiger partial charge < -0.3 is 20.3 Å². The summed E-state index contributed by atoms with van der Waals surface area (Å²) in [6, 6.07) is 4.52. The summed E-state index contributed by atoms with van der Waals surface area (Å²) >= 11 is 0. The van der Waals surface area contributed by atoms with E-state index < -0.39 is 0 Å². The van der Waals surface area contributed by atoms with Crippen LogP contribution in [0.4, 0.5) is 0 Å². The van der Waals surface area contributed by atoms with Gasteiger partial charge in [-0.2, -0.15) is 0 Å². The molecule has 0 aliphatic rings. The molecule has 0 aliphatic carbocycles. The first kappa shape index (κ1) is 15.3. The lowest BCUT2D eigenvalue weighted by atomic mass is 10.0. The van der Waals surface area contributed by atoms with E-state index in [-0.39, 0.29) is 29.7 Å². The Morgan fingerprint density at radius 2 is 2.21 bits per heavy atom. The van der Waals surface area contributed by atoms with Crippen LogP contribution < -0.4 is 10.1 Å². The van der Waals surface area contributed by atoms with Gasteiger partial charge in [-0.05, 0) is 30.5 Å². The Morgan fingerprint density at radius 3 is 2.79 bits per heavy atom. The van der Waals surface area contributed by atoms with Crippen LogP contribution in [-0.4, -0.2) is 36.4 Å². The highest BCUT2D eigenvalue weighted by molar-refractivity contribution is 5.97. The van der Waals surface area contributed by atoms with Gasteiger partial charge in [-0.15, -0.1) is 0 Å². The fourth-order valence-electron chi connectivity index (χ4n) is 1.79. The van der Waals surface area contributed by atoms with Crippen LogP contribution in [0.25, 0.3) is 0 Å². The Morgan fingerprint density at radius 1 is 1.47 bits per heavy atom. The quantitative estimate of drug-likeness (QED) is 0.700. The smallest absolute Gasteiger partial charge is 0.255 e. The zero-order valence-corrected chi connectivity index (χ0v) is 11.3. The maximum Gasteiger partial charge on any atom is 0.255 e. The fourth-order valence-corrected chi connectivity index (χ4v) is 1.79. The van der Waals surface area contributed by atoms with E-state index in [2.05, 4.69) is 5.32 Å². The van der Waals surface area contributed by atoms with Crippen molar-refractivity contribution in [2.75, 3.05) is 20.3 Å². The number of hydrogen-bond donors (Lipinski definition) is 3. The molecule has 19 heavy (non-hydrogen) atoms. The second kappa shape index (κ2) is 7.63. The minimum Gasteiger partial charge on any atom is -0.507 e. The third-order valence-electron chi connectivity index (χ3n) is 3.11. The third-order valence-corrected chi connectivity index (χ3v) is 3.11. The topological polar surface area (TPSA) is 78.8 Å². The van der Waals surface area contributed by atoms with Crippen LogP contribution in [0.5, 0.6) is 11.5 Å². The lowest BCUT2D eigenvalue weighted by Crippen LogP contribution is -2.29. The monoisotopic (exact) mass is 267 g/mol.